The van der Waals surface area contributed by atoms with Crippen LogP contribution in [0.1, 0.15) is 69.5 Å². The standard InChI is InChI=1S/C28H28ClNO3/c1-17-7-4-5-8-22(17)28(33-3)30-20-12-14-21(18(2)15-20)27(32)24-9-6-10-26(31)25-16-19(29)11-13-23(24)25/h4-5,7-8,11-16,24,26,31H,6,9-10H2,1-3H3/b30-28-. The summed E-state index contributed by atoms with van der Waals surface area (Å²) in [4.78, 5) is 18.3. The summed E-state index contributed by atoms with van der Waals surface area (Å²) < 4.78 is 5.56. The number of rotatable bonds is 4. The molecular formula is C28H28ClNO3. The lowest BCUT2D eigenvalue weighted by atomic mass is 9.84. The summed E-state index contributed by atoms with van der Waals surface area (Å²) in [5, 5.41) is 11.1. The van der Waals surface area contributed by atoms with Gasteiger partial charge in [-0.2, -0.15) is 0 Å². The maximum Gasteiger partial charge on any atom is 0.221 e. The van der Waals surface area contributed by atoms with Gasteiger partial charge >= 0.3 is 0 Å². The van der Waals surface area contributed by atoms with Crippen LogP contribution in [0.25, 0.3) is 0 Å². The van der Waals surface area contributed by atoms with Crippen LogP contribution in [0.4, 0.5) is 5.69 Å². The van der Waals surface area contributed by atoms with Crippen LogP contribution in [0.15, 0.2) is 65.7 Å². The van der Waals surface area contributed by atoms with Crippen molar-refractivity contribution in [1.82, 2.24) is 0 Å². The second kappa shape index (κ2) is 9.90. The SMILES string of the molecule is CO/C(=N\c1ccc(C(=O)C2CCCC(O)c3cc(Cl)ccc32)c(C)c1)c1ccccc1C. The van der Waals surface area contributed by atoms with Gasteiger partial charge in [0.1, 0.15) is 0 Å². The predicted molar refractivity (Wildman–Crippen MR) is 133 cm³/mol. The zero-order chi connectivity index (χ0) is 23.5. The molecule has 1 N–H and O–H groups in total. The Kier molecular flexibility index (Phi) is 6.96. The first-order valence-electron chi connectivity index (χ1n) is 11.2. The number of Topliss-reactive ketones (excluding diaryl/α,β-unsaturated/α-hetero) is 1. The van der Waals surface area contributed by atoms with E-state index in [-0.39, 0.29) is 11.7 Å². The number of aryl methyl sites for hydroxylation is 2. The van der Waals surface area contributed by atoms with Gasteiger partial charge in [-0.25, -0.2) is 4.99 Å². The number of ether oxygens (including phenoxy) is 1. The van der Waals surface area contributed by atoms with Gasteiger partial charge < -0.3 is 9.84 Å². The number of ketones is 1. The van der Waals surface area contributed by atoms with Crippen LogP contribution in [-0.2, 0) is 4.74 Å². The summed E-state index contributed by atoms with van der Waals surface area (Å²) >= 11 is 6.17. The van der Waals surface area contributed by atoms with Crippen LogP contribution in [0.3, 0.4) is 0 Å². The first-order valence-corrected chi connectivity index (χ1v) is 11.6. The Morgan fingerprint density at radius 3 is 2.48 bits per heavy atom. The number of aliphatic imine (C=N–C) groups is 1. The molecule has 0 aliphatic heterocycles. The third-order valence-electron chi connectivity index (χ3n) is 6.35. The minimum atomic E-state index is -0.594. The molecule has 0 aromatic heterocycles. The summed E-state index contributed by atoms with van der Waals surface area (Å²) in [6.45, 7) is 3.95. The largest absolute Gasteiger partial charge is 0.481 e. The van der Waals surface area contributed by atoms with Gasteiger partial charge in [0.05, 0.1) is 18.9 Å². The van der Waals surface area contributed by atoms with Crippen molar-refractivity contribution in [3.05, 3.63) is 99.1 Å². The summed E-state index contributed by atoms with van der Waals surface area (Å²) in [5.41, 5.74) is 5.92. The highest BCUT2D eigenvalue weighted by Gasteiger charge is 2.30. The lowest BCUT2D eigenvalue weighted by Gasteiger charge is -2.19. The van der Waals surface area contributed by atoms with E-state index in [1.807, 2.05) is 62.4 Å². The highest BCUT2D eigenvalue weighted by molar-refractivity contribution is 6.30. The quantitative estimate of drug-likeness (QED) is 0.200. The molecule has 33 heavy (non-hydrogen) atoms. The number of halogens is 1. The van der Waals surface area contributed by atoms with E-state index in [9.17, 15) is 9.90 Å². The van der Waals surface area contributed by atoms with Gasteiger partial charge in [-0.05, 0) is 91.8 Å². The minimum Gasteiger partial charge on any atom is -0.481 e. The summed E-state index contributed by atoms with van der Waals surface area (Å²) in [6, 6.07) is 19.0. The lowest BCUT2D eigenvalue weighted by Crippen LogP contribution is -2.15. The normalized spacial score (nSPS) is 18.4. The number of carbonyl (C=O) groups is 1. The van der Waals surface area contributed by atoms with Crippen molar-refractivity contribution in [1.29, 1.82) is 0 Å². The summed E-state index contributed by atoms with van der Waals surface area (Å²) in [5.74, 6) is 0.297. The number of methoxy groups -OCH3 is 1. The zero-order valence-electron chi connectivity index (χ0n) is 19.1. The fraction of sp³-hybridized carbons (Fsp3) is 0.286. The number of nitrogens with zero attached hydrogens (tertiary/aromatic N) is 1. The first-order chi connectivity index (χ1) is 15.9. The molecule has 0 amide bonds. The van der Waals surface area contributed by atoms with E-state index in [1.54, 1.807) is 19.2 Å². The Balaban J connectivity index is 1.67. The molecule has 0 fully saturated rings. The first kappa shape index (κ1) is 23.2. The van der Waals surface area contributed by atoms with Crippen molar-refractivity contribution in [2.75, 3.05) is 7.11 Å². The van der Waals surface area contributed by atoms with E-state index in [4.69, 9.17) is 16.3 Å². The van der Waals surface area contributed by atoms with Gasteiger partial charge in [-0.15, -0.1) is 0 Å². The Labute approximate surface area is 199 Å². The minimum absolute atomic E-state index is 0.0616. The molecule has 2 atom stereocenters. The van der Waals surface area contributed by atoms with Crippen molar-refractivity contribution < 1.29 is 14.6 Å². The molecule has 0 radical (unpaired) electrons. The fourth-order valence-electron chi connectivity index (χ4n) is 4.58. The van der Waals surface area contributed by atoms with Crippen LogP contribution >= 0.6 is 11.6 Å². The molecule has 1 aliphatic rings. The highest BCUT2D eigenvalue weighted by Crippen LogP contribution is 2.39. The molecule has 4 nitrogen and oxygen atoms in total. The van der Waals surface area contributed by atoms with Crippen LogP contribution in [-0.4, -0.2) is 23.9 Å². The number of hydrogen-bond donors (Lipinski definition) is 1. The molecule has 3 aromatic carbocycles. The van der Waals surface area contributed by atoms with Crippen LogP contribution in [0, 0.1) is 13.8 Å². The molecule has 4 rings (SSSR count). The molecule has 170 valence electrons. The van der Waals surface area contributed by atoms with Crippen molar-refractivity contribution in [3.8, 4) is 0 Å². The number of aliphatic hydroxyl groups excluding tert-OH is 1. The molecule has 0 heterocycles. The van der Waals surface area contributed by atoms with Crippen LogP contribution in [0.2, 0.25) is 5.02 Å². The van der Waals surface area contributed by atoms with Crippen LogP contribution < -0.4 is 0 Å². The van der Waals surface area contributed by atoms with Gasteiger partial charge in [0.25, 0.3) is 0 Å². The van der Waals surface area contributed by atoms with E-state index in [1.165, 1.54) is 0 Å². The lowest BCUT2D eigenvalue weighted by molar-refractivity contribution is 0.0954. The molecule has 0 saturated heterocycles. The van der Waals surface area contributed by atoms with Crippen LogP contribution in [0.5, 0.6) is 0 Å². The maximum absolute atomic E-state index is 13.6. The molecule has 1 aliphatic carbocycles. The Morgan fingerprint density at radius 2 is 1.76 bits per heavy atom. The van der Waals surface area contributed by atoms with Crippen molar-refractivity contribution >= 4 is 29.0 Å². The van der Waals surface area contributed by atoms with E-state index in [0.717, 1.165) is 39.9 Å². The van der Waals surface area contributed by atoms with E-state index >= 15 is 0 Å². The summed E-state index contributed by atoms with van der Waals surface area (Å²) in [7, 11) is 1.61. The van der Waals surface area contributed by atoms with E-state index in [0.29, 0.717) is 29.3 Å². The van der Waals surface area contributed by atoms with Gasteiger partial charge in [-0.1, -0.05) is 35.9 Å². The van der Waals surface area contributed by atoms with Gasteiger partial charge in [-0.3, -0.25) is 4.79 Å². The third-order valence-corrected chi connectivity index (χ3v) is 6.58. The molecule has 0 saturated carbocycles. The van der Waals surface area contributed by atoms with E-state index in [2.05, 4.69) is 4.99 Å². The Bertz CT molecular complexity index is 1220. The smallest absolute Gasteiger partial charge is 0.221 e. The van der Waals surface area contributed by atoms with Gasteiger partial charge in [0, 0.05) is 22.1 Å². The number of fused-ring (bicyclic) bond motifs is 1. The molecular weight excluding hydrogens is 434 g/mol. The fourth-order valence-corrected chi connectivity index (χ4v) is 4.76. The molecule has 5 heteroatoms. The highest BCUT2D eigenvalue weighted by atomic mass is 35.5. The maximum atomic E-state index is 13.6. The zero-order valence-corrected chi connectivity index (χ0v) is 19.9. The molecule has 0 bridgehead atoms. The number of hydrogen-bond acceptors (Lipinski definition) is 4. The Morgan fingerprint density at radius 1 is 0.970 bits per heavy atom. The average molecular weight is 462 g/mol. The number of carbonyl (C=O) groups excluding carboxylic acids is 1. The monoisotopic (exact) mass is 461 g/mol. The van der Waals surface area contributed by atoms with Crippen molar-refractivity contribution in [2.24, 2.45) is 4.99 Å². The molecule has 0 spiro atoms. The molecule has 3 aromatic rings. The van der Waals surface area contributed by atoms with Crippen molar-refractivity contribution in [2.45, 2.75) is 45.1 Å². The van der Waals surface area contributed by atoms with Gasteiger partial charge in [0.15, 0.2) is 5.78 Å². The number of benzene rings is 3. The second-order valence-corrected chi connectivity index (χ2v) is 9.01. The van der Waals surface area contributed by atoms with Gasteiger partial charge in [0.2, 0.25) is 5.90 Å². The average Bonchev–Trinajstić information content (AvgIpc) is 2.96. The number of aliphatic hydroxyl groups is 1. The molecule has 2 unspecified atom stereocenters. The predicted octanol–water partition coefficient (Wildman–Crippen LogP) is 6.87. The topological polar surface area (TPSA) is 58.9 Å². The Hall–Kier alpha value is -2.95. The van der Waals surface area contributed by atoms with Crippen molar-refractivity contribution in [3.63, 3.8) is 0 Å². The summed E-state index contributed by atoms with van der Waals surface area (Å²) in [6.07, 6.45) is 1.51. The second-order valence-electron chi connectivity index (χ2n) is 8.57. The third kappa shape index (κ3) is 4.87. The van der Waals surface area contributed by atoms with E-state index < -0.39 is 6.10 Å².